The minimum absolute atomic E-state index is 0.0278. The molecule has 0 aromatic carbocycles. The first kappa shape index (κ1) is 14.6. The van der Waals surface area contributed by atoms with Crippen molar-refractivity contribution in [3.8, 4) is 0 Å². The van der Waals surface area contributed by atoms with E-state index >= 15 is 0 Å². The van der Waals surface area contributed by atoms with Gasteiger partial charge in [0.25, 0.3) is 5.91 Å². The molecule has 1 atom stereocenters. The Morgan fingerprint density at radius 3 is 2.82 bits per heavy atom. The SMILES string of the molecule is CCc1[nH]cnc1C(=O)N1CCN(c2ccncc2)CC1C. The normalized spacial score (nSPS) is 18.5. The Labute approximate surface area is 130 Å². The summed E-state index contributed by atoms with van der Waals surface area (Å²) in [5.74, 6) is 0.0278. The summed E-state index contributed by atoms with van der Waals surface area (Å²) in [5, 5.41) is 0. The van der Waals surface area contributed by atoms with Crippen molar-refractivity contribution in [1.82, 2.24) is 19.9 Å². The van der Waals surface area contributed by atoms with E-state index in [2.05, 4.69) is 26.8 Å². The maximum atomic E-state index is 12.7. The van der Waals surface area contributed by atoms with Gasteiger partial charge in [0.05, 0.1) is 6.33 Å². The summed E-state index contributed by atoms with van der Waals surface area (Å²) in [6.45, 7) is 6.46. The van der Waals surface area contributed by atoms with E-state index in [4.69, 9.17) is 0 Å². The number of aromatic nitrogens is 3. The third-order valence-electron chi connectivity index (χ3n) is 4.19. The zero-order valence-corrected chi connectivity index (χ0v) is 13.0. The Hall–Kier alpha value is -2.37. The molecule has 3 heterocycles. The Morgan fingerprint density at radius 2 is 2.14 bits per heavy atom. The molecule has 6 heteroatoms. The van der Waals surface area contributed by atoms with Crippen LogP contribution in [0.4, 0.5) is 5.69 Å². The molecule has 1 aliphatic heterocycles. The highest BCUT2D eigenvalue weighted by atomic mass is 16.2. The van der Waals surface area contributed by atoms with Crippen LogP contribution in [-0.4, -0.2) is 51.4 Å². The highest BCUT2D eigenvalue weighted by Crippen LogP contribution is 2.20. The smallest absolute Gasteiger partial charge is 0.274 e. The first-order valence-electron chi connectivity index (χ1n) is 7.69. The fourth-order valence-corrected chi connectivity index (χ4v) is 2.96. The van der Waals surface area contributed by atoms with Crippen LogP contribution in [0.25, 0.3) is 0 Å². The van der Waals surface area contributed by atoms with Gasteiger partial charge in [-0.1, -0.05) is 6.92 Å². The van der Waals surface area contributed by atoms with Crippen molar-refractivity contribution in [2.24, 2.45) is 0 Å². The van der Waals surface area contributed by atoms with E-state index in [0.29, 0.717) is 12.2 Å². The number of piperazine rings is 1. The molecule has 0 spiro atoms. The third-order valence-corrected chi connectivity index (χ3v) is 4.19. The molecule has 0 saturated carbocycles. The first-order chi connectivity index (χ1) is 10.7. The molecule has 1 aliphatic rings. The van der Waals surface area contributed by atoms with Crippen molar-refractivity contribution in [1.29, 1.82) is 0 Å². The maximum absolute atomic E-state index is 12.7. The lowest BCUT2D eigenvalue weighted by atomic mass is 10.1. The highest BCUT2D eigenvalue weighted by molar-refractivity contribution is 5.93. The minimum atomic E-state index is 0.0278. The summed E-state index contributed by atoms with van der Waals surface area (Å²) in [6, 6.07) is 4.16. The van der Waals surface area contributed by atoms with Crippen molar-refractivity contribution in [3.63, 3.8) is 0 Å². The largest absolute Gasteiger partial charge is 0.368 e. The number of H-pyrrole nitrogens is 1. The molecule has 1 saturated heterocycles. The lowest BCUT2D eigenvalue weighted by Crippen LogP contribution is -2.54. The quantitative estimate of drug-likeness (QED) is 0.937. The number of aromatic amines is 1. The second-order valence-electron chi connectivity index (χ2n) is 5.58. The predicted molar refractivity (Wildman–Crippen MR) is 84.9 cm³/mol. The lowest BCUT2D eigenvalue weighted by Gasteiger charge is -2.40. The van der Waals surface area contributed by atoms with Gasteiger partial charge >= 0.3 is 0 Å². The molecule has 0 bridgehead atoms. The molecule has 6 nitrogen and oxygen atoms in total. The fourth-order valence-electron chi connectivity index (χ4n) is 2.96. The van der Waals surface area contributed by atoms with Crippen LogP contribution in [0.2, 0.25) is 0 Å². The average molecular weight is 299 g/mol. The van der Waals surface area contributed by atoms with E-state index in [1.165, 1.54) is 0 Å². The lowest BCUT2D eigenvalue weighted by molar-refractivity contribution is 0.0667. The van der Waals surface area contributed by atoms with E-state index in [0.717, 1.165) is 30.9 Å². The summed E-state index contributed by atoms with van der Waals surface area (Å²) in [6.07, 6.45) is 5.99. The van der Waals surface area contributed by atoms with Crippen LogP contribution in [0.3, 0.4) is 0 Å². The number of nitrogens with zero attached hydrogens (tertiary/aromatic N) is 4. The van der Waals surface area contributed by atoms with E-state index in [1.54, 1.807) is 18.7 Å². The number of carbonyl (C=O) groups excluding carboxylic acids is 1. The van der Waals surface area contributed by atoms with Crippen LogP contribution in [0.5, 0.6) is 0 Å². The molecule has 3 rings (SSSR count). The van der Waals surface area contributed by atoms with Gasteiger partial charge in [0.1, 0.15) is 5.69 Å². The van der Waals surface area contributed by atoms with Crippen LogP contribution >= 0.6 is 0 Å². The van der Waals surface area contributed by atoms with Gasteiger partial charge in [-0.05, 0) is 25.5 Å². The number of nitrogens with one attached hydrogen (secondary N) is 1. The standard InChI is InChI=1S/C16H21N5O/c1-3-14-15(19-11-18-14)16(22)21-9-8-20(10-12(21)2)13-4-6-17-7-5-13/h4-7,11-12H,3,8-10H2,1-2H3,(H,18,19). The van der Waals surface area contributed by atoms with Crippen molar-refractivity contribution in [2.45, 2.75) is 26.3 Å². The van der Waals surface area contributed by atoms with E-state index < -0.39 is 0 Å². The monoisotopic (exact) mass is 299 g/mol. The number of rotatable bonds is 3. The van der Waals surface area contributed by atoms with Crippen molar-refractivity contribution in [3.05, 3.63) is 42.2 Å². The van der Waals surface area contributed by atoms with Crippen LogP contribution < -0.4 is 4.90 Å². The van der Waals surface area contributed by atoms with Crippen LogP contribution in [0.1, 0.15) is 30.0 Å². The molecule has 2 aromatic rings. The zero-order chi connectivity index (χ0) is 15.5. The number of hydrogen-bond donors (Lipinski definition) is 1. The van der Waals surface area contributed by atoms with Gasteiger partial charge in [-0.2, -0.15) is 0 Å². The van der Waals surface area contributed by atoms with E-state index in [1.807, 2.05) is 24.0 Å². The molecule has 22 heavy (non-hydrogen) atoms. The third kappa shape index (κ3) is 2.68. The summed E-state index contributed by atoms with van der Waals surface area (Å²) in [4.78, 5) is 28.2. The molecule has 1 amide bonds. The van der Waals surface area contributed by atoms with Crippen molar-refractivity contribution in [2.75, 3.05) is 24.5 Å². The first-order valence-corrected chi connectivity index (χ1v) is 7.69. The number of amides is 1. The van der Waals surface area contributed by atoms with Crippen LogP contribution in [0, 0.1) is 0 Å². The fraction of sp³-hybridized carbons (Fsp3) is 0.438. The number of hydrogen-bond acceptors (Lipinski definition) is 4. The number of carbonyl (C=O) groups is 1. The van der Waals surface area contributed by atoms with Gasteiger partial charge < -0.3 is 14.8 Å². The number of imidazole rings is 1. The van der Waals surface area contributed by atoms with Crippen LogP contribution in [0.15, 0.2) is 30.9 Å². The molecule has 1 fully saturated rings. The zero-order valence-electron chi connectivity index (χ0n) is 13.0. The summed E-state index contributed by atoms with van der Waals surface area (Å²) in [7, 11) is 0. The second-order valence-corrected chi connectivity index (χ2v) is 5.58. The van der Waals surface area contributed by atoms with Gasteiger partial charge in [0.15, 0.2) is 0 Å². The molecular formula is C16H21N5O. The Bertz CT molecular complexity index is 639. The summed E-state index contributed by atoms with van der Waals surface area (Å²) < 4.78 is 0. The van der Waals surface area contributed by atoms with Crippen molar-refractivity contribution < 1.29 is 4.79 Å². The molecule has 1 unspecified atom stereocenters. The average Bonchev–Trinajstić information content (AvgIpc) is 3.03. The Kier molecular flexibility index (Phi) is 4.09. The Morgan fingerprint density at radius 1 is 1.36 bits per heavy atom. The molecule has 116 valence electrons. The highest BCUT2D eigenvalue weighted by Gasteiger charge is 2.30. The number of pyridine rings is 1. The molecule has 2 aromatic heterocycles. The molecule has 0 radical (unpaired) electrons. The topological polar surface area (TPSA) is 65.1 Å². The van der Waals surface area contributed by atoms with E-state index in [9.17, 15) is 4.79 Å². The van der Waals surface area contributed by atoms with Crippen molar-refractivity contribution >= 4 is 11.6 Å². The summed E-state index contributed by atoms with van der Waals surface area (Å²) >= 11 is 0. The second kappa shape index (κ2) is 6.17. The Balaban J connectivity index is 1.72. The minimum Gasteiger partial charge on any atom is -0.368 e. The van der Waals surface area contributed by atoms with Crippen LogP contribution in [-0.2, 0) is 6.42 Å². The van der Waals surface area contributed by atoms with E-state index in [-0.39, 0.29) is 11.9 Å². The van der Waals surface area contributed by atoms with Gasteiger partial charge in [0.2, 0.25) is 0 Å². The van der Waals surface area contributed by atoms with Gasteiger partial charge in [-0.3, -0.25) is 9.78 Å². The predicted octanol–water partition coefficient (Wildman–Crippen LogP) is 1.72. The maximum Gasteiger partial charge on any atom is 0.274 e. The van der Waals surface area contributed by atoms with Gasteiger partial charge in [0, 0.05) is 49.5 Å². The van der Waals surface area contributed by atoms with Gasteiger partial charge in [-0.15, -0.1) is 0 Å². The molecule has 1 N–H and O–H groups in total. The number of anilines is 1. The molecular weight excluding hydrogens is 278 g/mol. The number of aryl methyl sites for hydroxylation is 1. The molecule has 0 aliphatic carbocycles. The van der Waals surface area contributed by atoms with Gasteiger partial charge in [-0.25, -0.2) is 4.98 Å². The summed E-state index contributed by atoms with van der Waals surface area (Å²) in [5.41, 5.74) is 2.63.